The Bertz CT molecular complexity index is 1250. The van der Waals surface area contributed by atoms with Gasteiger partial charge in [-0.3, -0.25) is 14.0 Å². The molecule has 0 aromatic carbocycles. The number of carbonyl (C=O) groups is 1. The number of aliphatic hydroxyl groups excluding tert-OH is 1. The molecule has 4 N–H and O–H groups in total. The van der Waals surface area contributed by atoms with Crippen LogP contribution in [0.1, 0.15) is 33.8 Å². The number of ketones is 1. The molecule has 11 nitrogen and oxygen atoms in total. The molecule has 1 aliphatic rings. The summed E-state index contributed by atoms with van der Waals surface area (Å²) in [6.07, 6.45) is 4.38. The van der Waals surface area contributed by atoms with Crippen LogP contribution in [0, 0.1) is 5.92 Å². The summed E-state index contributed by atoms with van der Waals surface area (Å²) >= 11 is 7.40. The van der Waals surface area contributed by atoms with Crippen molar-refractivity contribution in [3.8, 4) is 0 Å². The fourth-order valence-electron chi connectivity index (χ4n) is 3.76. The Morgan fingerprint density at radius 2 is 2.12 bits per heavy atom. The molecule has 0 unspecified atom stereocenters. The van der Waals surface area contributed by atoms with Crippen LogP contribution in [0.5, 0.6) is 0 Å². The van der Waals surface area contributed by atoms with Crippen LogP contribution < -0.4 is 10.0 Å². The average molecular weight is 513 g/mol. The van der Waals surface area contributed by atoms with E-state index in [2.05, 4.69) is 20.4 Å². The molecule has 1 saturated carbocycles. The number of nitrogens with one attached hydrogen (secondary N) is 2. The monoisotopic (exact) mass is 512 g/mol. The molecule has 0 spiro atoms. The van der Waals surface area contributed by atoms with E-state index in [-0.39, 0.29) is 29.6 Å². The maximum absolute atomic E-state index is 13.1. The number of aliphatic hydroxyl groups is 1. The van der Waals surface area contributed by atoms with Crippen LogP contribution >= 0.6 is 22.9 Å². The van der Waals surface area contributed by atoms with Crippen molar-refractivity contribution >= 4 is 44.8 Å². The number of halogens is 1. The second kappa shape index (κ2) is 9.83. The Morgan fingerprint density at radius 3 is 2.85 bits per heavy atom. The van der Waals surface area contributed by atoms with Gasteiger partial charge in [0, 0.05) is 35.8 Å². The minimum absolute atomic E-state index is 0.0966. The van der Waals surface area contributed by atoms with Crippen molar-refractivity contribution in [3.05, 3.63) is 57.4 Å². The lowest BCUT2D eigenvalue weighted by atomic mass is 10.1. The predicted molar refractivity (Wildman–Crippen MR) is 122 cm³/mol. The van der Waals surface area contributed by atoms with Gasteiger partial charge in [-0.15, -0.1) is 11.3 Å². The summed E-state index contributed by atoms with van der Waals surface area (Å²) in [6.45, 7) is 0.390. The fraction of sp³-hybridized carbons (Fsp3) is 0.368. The molecular weight excluding hydrogens is 492 g/mol. The predicted octanol–water partition coefficient (Wildman–Crippen LogP) is 1.61. The van der Waals surface area contributed by atoms with Gasteiger partial charge in [0.15, 0.2) is 0 Å². The first-order chi connectivity index (χ1) is 15.7. The van der Waals surface area contributed by atoms with E-state index in [4.69, 9.17) is 16.2 Å². The Labute approximate surface area is 198 Å². The van der Waals surface area contributed by atoms with Crippen molar-refractivity contribution < 1.29 is 22.9 Å². The maximum atomic E-state index is 13.1. The fourth-order valence-corrected chi connectivity index (χ4v) is 5.27. The number of carbonyl (C=O) groups excluding carboxylic acids is 1. The summed E-state index contributed by atoms with van der Waals surface area (Å²) in [7, 11) is -4.34. The van der Waals surface area contributed by atoms with Gasteiger partial charge >= 0.3 is 10.3 Å². The first-order valence-corrected chi connectivity index (χ1v) is 12.6. The van der Waals surface area contributed by atoms with Gasteiger partial charge < -0.3 is 10.4 Å². The quantitative estimate of drug-likeness (QED) is 0.246. The van der Waals surface area contributed by atoms with Gasteiger partial charge in [-0.05, 0) is 31.0 Å². The van der Waals surface area contributed by atoms with Crippen LogP contribution in [0.4, 0.5) is 5.82 Å². The van der Waals surface area contributed by atoms with Crippen molar-refractivity contribution in [2.45, 2.75) is 31.5 Å². The second-order valence-corrected chi connectivity index (χ2v) is 10.7. The van der Waals surface area contributed by atoms with Gasteiger partial charge in [0.2, 0.25) is 5.78 Å². The normalized spacial score (nSPS) is 20.8. The van der Waals surface area contributed by atoms with Crippen LogP contribution in [-0.2, 0) is 16.8 Å². The Balaban J connectivity index is 1.44. The van der Waals surface area contributed by atoms with E-state index < -0.39 is 22.3 Å². The molecule has 4 rings (SSSR count). The molecule has 1 fully saturated rings. The summed E-state index contributed by atoms with van der Waals surface area (Å²) in [5, 5.41) is 17.7. The first-order valence-electron chi connectivity index (χ1n) is 9.97. The summed E-state index contributed by atoms with van der Waals surface area (Å²) < 4.78 is 35.0. The van der Waals surface area contributed by atoms with Gasteiger partial charge in [-0.25, -0.2) is 9.97 Å². The van der Waals surface area contributed by atoms with E-state index in [1.807, 2.05) is 10.8 Å². The maximum Gasteiger partial charge on any atom is 0.333 e. The van der Waals surface area contributed by atoms with Crippen molar-refractivity contribution in [2.75, 3.05) is 11.9 Å². The highest BCUT2D eigenvalue weighted by Gasteiger charge is 2.34. The molecular formula is C19H21ClN6O5S2. The highest BCUT2D eigenvalue weighted by Crippen LogP contribution is 2.29. The number of hydrogen-bond donors (Lipinski definition) is 4. The lowest BCUT2D eigenvalue weighted by Gasteiger charge is -2.15. The van der Waals surface area contributed by atoms with E-state index in [0.717, 1.165) is 4.88 Å². The number of hydrogen-bond acceptors (Lipinski definition) is 9. The number of nitrogens with zero attached hydrogens (tertiary/aromatic N) is 4. The minimum atomic E-state index is -4.34. The molecule has 1 aliphatic carbocycles. The highest BCUT2D eigenvalue weighted by molar-refractivity contribution is 7.83. The molecule has 3 heterocycles. The third-order valence-corrected chi connectivity index (χ3v) is 7.05. The Morgan fingerprint density at radius 1 is 1.30 bits per heavy atom. The summed E-state index contributed by atoms with van der Waals surface area (Å²) in [4.78, 5) is 22.2. The highest BCUT2D eigenvalue weighted by atomic mass is 35.5. The SMILES string of the molecule is O=C(c1ccn(Cc2ccc(Cl)s2)n1)c1cncnc1N[C@@H]1C[C@H](CNS(=O)(=O)O)[C@@H](O)C1. The molecule has 0 aliphatic heterocycles. The lowest BCUT2D eigenvalue weighted by molar-refractivity contribution is 0.103. The molecule has 14 heteroatoms. The standard InChI is InChI=1S/C19H21ClN6O5S2/c20-17-2-1-13(32-17)9-26-4-3-15(25-26)18(28)14-8-21-10-22-19(14)24-12-5-11(16(27)6-12)7-23-33(29,30)31/h1-4,8,10-12,16,23,27H,5-7,9H2,(H,21,22,24)(H,29,30,31)/t11-,12-,16+/m1/s1. The third kappa shape index (κ3) is 6.13. The first kappa shape index (κ1) is 23.7. The van der Waals surface area contributed by atoms with Crippen molar-refractivity contribution in [1.82, 2.24) is 24.5 Å². The second-order valence-electron chi connectivity index (χ2n) is 7.68. The molecule has 0 bridgehead atoms. The molecule has 33 heavy (non-hydrogen) atoms. The van der Waals surface area contributed by atoms with E-state index in [1.54, 1.807) is 23.0 Å². The molecule has 0 radical (unpaired) electrons. The van der Waals surface area contributed by atoms with Gasteiger partial charge in [0.25, 0.3) is 0 Å². The number of aromatic nitrogens is 4. The van der Waals surface area contributed by atoms with Gasteiger partial charge in [0.1, 0.15) is 17.8 Å². The zero-order valence-electron chi connectivity index (χ0n) is 17.1. The summed E-state index contributed by atoms with van der Waals surface area (Å²) in [5.74, 6) is -0.453. The van der Waals surface area contributed by atoms with Crippen molar-refractivity contribution in [2.24, 2.45) is 5.92 Å². The van der Waals surface area contributed by atoms with Gasteiger partial charge in [0.05, 0.1) is 22.5 Å². The summed E-state index contributed by atoms with van der Waals surface area (Å²) in [6, 6.07) is 5.07. The average Bonchev–Trinajstić information content (AvgIpc) is 3.47. The van der Waals surface area contributed by atoms with Crippen molar-refractivity contribution in [1.29, 1.82) is 0 Å². The third-order valence-electron chi connectivity index (χ3n) is 5.30. The van der Waals surface area contributed by atoms with Gasteiger partial charge in [-0.2, -0.15) is 18.2 Å². The minimum Gasteiger partial charge on any atom is -0.393 e. The van der Waals surface area contributed by atoms with Crippen LogP contribution in [0.2, 0.25) is 4.34 Å². The molecule has 176 valence electrons. The molecule has 3 atom stereocenters. The van der Waals surface area contributed by atoms with Crippen molar-refractivity contribution in [3.63, 3.8) is 0 Å². The van der Waals surface area contributed by atoms with E-state index in [0.29, 0.717) is 29.5 Å². The topological polar surface area (TPSA) is 159 Å². The Hall–Kier alpha value is -2.42. The number of rotatable bonds is 9. The molecule has 0 amide bonds. The number of thiophene rings is 1. The van der Waals surface area contributed by atoms with Crippen LogP contribution in [0.15, 0.2) is 36.9 Å². The van der Waals surface area contributed by atoms with E-state index in [1.165, 1.54) is 23.9 Å². The Kier molecular flexibility index (Phi) is 7.07. The van der Waals surface area contributed by atoms with Crippen LogP contribution in [0.25, 0.3) is 0 Å². The van der Waals surface area contributed by atoms with Crippen LogP contribution in [-0.4, -0.2) is 62.3 Å². The number of anilines is 1. The van der Waals surface area contributed by atoms with Crippen LogP contribution in [0.3, 0.4) is 0 Å². The zero-order valence-corrected chi connectivity index (χ0v) is 19.5. The lowest BCUT2D eigenvalue weighted by Crippen LogP contribution is -2.32. The molecule has 3 aromatic heterocycles. The van der Waals surface area contributed by atoms with E-state index >= 15 is 0 Å². The smallest absolute Gasteiger partial charge is 0.333 e. The van der Waals surface area contributed by atoms with E-state index in [9.17, 15) is 18.3 Å². The van der Waals surface area contributed by atoms with Gasteiger partial charge in [-0.1, -0.05) is 11.6 Å². The zero-order chi connectivity index (χ0) is 23.6. The summed E-state index contributed by atoms with van der Waals surface area (Å²) in [5.41, 5.74) is 0.466. The molecule has 3 aromatic rings. The molecule has 0 saturated heterocycles. The largest absolute Gasteiger partial charge is 0.393 e.